The molecule has 0 heterocycles. The molecule has 12 heavy (non-hydrogen) atoms. The molecule has 0 N–H and O–H groups in total. The summed E-state index contributed by atoms with van der Waals surface area (Å²) in [6.45, 7) is 3.91. The van der Waals surface area contributed by atoms with Crippen molar-refractivity contribution in [3.8, 4) is 0 Å². The van der Waals surface area contributed by atoms with Crippen molar-refractivity contribution in [2.24, 2.45) is 5.92 Å². The largest absolute Gasteiger partial charge is 0.102 e. The van der Waals surface area contributed by atoms with Crippen LogP contribution in [0.15, 0.2) is 36.0 Å². The van der Waals surface area contributed by atoms with E-state index in [-0.39, 0.29) is 0 Å². The Hall–Kier alpha value is -0.780. The van der Waals surface area contributed by atoms with Gasteiger partial charge >= 0.3 is 0 Å². The fourth-order valence-corrected chi connectivity index (χ4v) is 2.32. The zero-order valence-electron chi connectivity index (χ0n) is 7.55. The molecule has 0 aromatic heterocycles. The summed E-state index contributed by atoms with van der Waals surface area (Å²) in [6.07, 6.45) is 13.3. The van der Waals surface area contributed by atoms with Crippen LogP contribution in [0.3, 0.4) is 0 Å². The van der Waals surface area contributed by atoms with E-state index >= 15 is 0 Å². The van der Waals surface area contributed by atoms with Gasteiger partial charge in [0.25, 0.3) is 0 Å². The van der Waals surface area contributed by atoms with Gasteiger partial charge in [-0.2, -0.15) is 0 Å². The van der Waals surface area contributed by atoms with Gasteiger partial charge in [-0.15, -0.1) is 6.58 Å². The van der Waals surface area contributed by atoms with Crippen LogP contribution in [0.25, 0.3) is 0 Å². The van der Waals surface area contributed by atoms with Crippen molar-refractivity contribution in [3.63, 3.8) is 0 Å². The van der Waals surface area contributed by atoms with E-state index in [0.29, 0.717) is 5.92 Å². The summed E-state index contributed by atoms with van der Waals surface area (Å²) in [7, 11) is 0. The van der Waals surface area contributed by atoms with Crippen LogP contribution in [0.2, 0.25) is 0 Å². The third kappa shape index (κ3) is 1.26. The standard InChI is InChI=1S/C12H16/c1-2-10-7-5-8-11-6-3-4-9-12(10)11/h2,4,9-10H,1,3,5-8H2. The van der Waals surface area contributed by atoms with Crippen LogP contribution >= 0.6 is 0 Å². The first-order valence-corrected chi connectivity index (χ1v) is 4.93. The lowest BCUT2D eigenvalue weighted by atomic mass is 9.79. The summed E-state index contributed by atoms with van der Waals surface area (Å²) in [5.41, 5.74) is 3.29. The minimum absolute atomic E-state index is 0.658. The Morgan fingerprint density at radius 2 is 2.33 bits per heavy atom. The highest BCUT2D eigenvalue weighted by Crippen LogP contribution is 2.36. The van der Waals surface area contributed by atoms with Crippen molar-refractivity contribution in [1.82, 2.24) is 0 Å². The van der Waals surface area contributed by atoms with E-state index in [1.165, 1.54) is 32.1 Å². The molecule has 1 unspecified atom stereocenters. The van der Waals surface area contributed by atoms with Crippen LogP contribution in [-0.4, -0.2) is 0 Å². The fraction of sp³-hybridized carbons (Fsp3) is 0.500. The van der Waals surface area contributed by atoms with Crippen molar-refractivity contribution in [2.75, 3.05) is 0 Å². The molecule has 0 bridgehead atoms. The molecule has 2 aliphatic rings. The number of hydrogen-bond donors (Lipinski definition) is 0. The highest BCUT2D eigenvalue weighted by atomic mass is 14.2. The summed E-state index contributed by atoms with van der Waals surface area (Å²) in [5, 5.41) is 0. The van der Waals surface area contributed by atoms with Gasteiger partial charge in [0, 0.05) is 5.92 Å². The second kappa shape index (κ2) is 3.30. The molecule has 2 rings (SSSR count). The summed E-state index contributed by atoms with van der Waals surface area (Å²) in [6, 6.07) is 0. The van der Waals surface area contributed by atoms with Gasteiger partial charge in [0.15, 0.2) is 0 Å². The summed E-state index contributed by atoms with van der Waals surface area (Å²) < 4.78 is 0. The molecular weight excluding hydrogens is 144 g/mol. The molecular formula is C12H16. The van der Waals surface area contributed by atoms with E-state index in [4.69, 9.17) is 0 Å². The van der Waals surface area contributed by atoms with Gasteiger partial charge in [0.2, 0.25) is 0 Å². The van der Waals surface area contributed by atoms with E-state index in [9.17, 15) is 0 Å². The van der Waals surface area contributed by atoms with Crippen molar-refractivity contribution in [1.29, 1.82) is 0 Å². The van der Waals surface area contributed by atoms with Crippen molar-refractivity contribution < 1.29 is 0 Å². The third-order valence-electron chi connectivity index (χ3n) is 3.00. The fourth-order valence-electron chi connectivity index (χ4n) is 2.32. The summed E-state index contributed by atoms with van der Waals surface area (Å²) in [5.74, 6) is 0.658. The molecule has 0 aromatic carbocycles. The maximum Gasteiger partial charge on any atom is 0.00148 e. The maximum atomic E-state index is 3.91. The Morgan fingerprint density at radius 1 is 1.42 bits per heavy atom. The van der Waals surface area contributed by atoms with Gasteiger partial charge in [-0.25, -0.2) is 0 Å². The summed E-state index contributed by atoms with van der Waals surface area (Å²) in [4.78, 5) is 0. The van der Waals surface area contributed by atoms with Gasteiger partial charge in [-0.1, -0.05) is 23.8 Å². The predicted molar refractivity (Wildman–Crippen MR) is 52.9 cm³/mol. The lowest BCUT2D eigenvalue weighted by molar-refractivity contribution is 0.570. The Bertz CT molecular complexity index is 243. The monoisotopic (exact) mass is 160 g/mol. The minimum atomic E-state index is 0.658. The number of allylic oxidation sites excluding steroid dienone is 5. The van der Waals surface area contributed by atoms with Crippen LogP contribution in [0.1, 0.15) is 32.1 Å². The zero-order valence-corrected chi connectivity index (χ0v) is 7.55. The molecule has 0 radical (unpaired) electrons. The molecule has 0 aliphatic heterocycles. The van der Waals surface area contributed by atoms with E-state index in [1.807, 2.05) is 0 Å². The smallest absolute Gasteiger partial charge is 0.00148 e. The molecule has 0 amide bonds. The molecule has 0 fully saturated rings. The second-order valence-electron chi connectivity index (χ2n) is 3.73. The predicted octanol–water partition coefficient (Wildman–Crippen LogP) is 3.62. The molecule has 64 valence electrons. The van der Waals surface area contributed by atoms with Crippen molar-refractivity contribution in [3.05, 3.63) is 36.0 Å². The Morgan fingerprint density at radius 3 is 3.17 bits per heavy atom. The molecule has 0 saturated heterocycles. The maximum absolute atomic E-state index is 3.91. The molecule has 2 aliphatic carbocycles. The van der Waals surface area contributed by atoms with Gasteiger partial charge in [-0.05, 0) is 37.7 Å². The zero-order chi connectivity index (χ0) is 8.39. The van der Waals surface area contributed by atoms with E-state index < -0.39 is 0 Å². The minimum Gasteiger partial charge on any atom is -0.102 e. The van der Waals surface area contributed by atoms with Crippen molar-refractivity contribution in [2.45, 2.75) is 32.1 Å². The third-order valence-corrected chi connectivity index (χ3v) is 3.00. The first kappa shape index (κ1) is 7.85. The van der Waals surface area contributed by atoms with Gasteiger partial charge in [0.1, 0.15) is 0 Å². The highest BCUT2D eigenvalue weighted by molar-refractivity contribution is 5.35. The Kier molecular flexibility index (Phi) is 2.16. The van der Waals surface area contributed by atoms with Crippen molar-refractivity contribution >= 4 is 0 Å². The summed E-state index contributed by atoms with van der Waals surface area (Å²) >= 11 is 0. The van der Waals surface area contributed by atoms with Crippen LogP contribution in [0.5, 0.6) is 0 Å². The van der Waals surface area contributed by atoms with Crippen LogP contribution in [0, 0.1) is 5.92 Å². The van der Waals surface area contributed by atoms with E-state index in [1.54, 1.807) is 11.1 Å². The number of rotatable bonds is 1. The molecule has 0 aromatic rings. The van der Waals surface area contributed by atoms with Crippen LogP contribution in [0.4, 0.5) is 0 Å². The molecule has 0 nitrogen and oxygen atoms in total. The molecule has 1 atom stereocenters. The quantitative estimate of drug-likeness (QED) is 0.514. The average Bonchev–Trinajstić information content (AvgIpc) is 2.17. The first-order valence-electron chi connectivity index (χ1n) is 4.93. The van der Waals surface area contributed by atoms with Gasteiger partial charge < -0.3 is 0 Å². The number of hydrogen-bond acceptors (Lipinski definition) is 0. The topological polar surface area (TPSA) is 0 Å². The van der Waals surface area contributed by atoms with Gasteiger partial charge in [0.05, 0.1) is 0 Å². The van der Waals surface area contributed by atoms with E-state index in [0.717, 1.165) is 0 Å². The Balaban J connectivity index is 2.30. The lowest BCUT2D eigenvalue weighted by Crippen LogP contribution is -2.10. The molecule has 0 spiro atoms. The molecule has 0 heteroatoms. The SMILES string of the molecule is C=CC1CCCC2=C1C=CCC2. The molecule has 0 saturated carbocycles. The average molecular weight is 160 g/mol. The van der Waals surface area contributed by atoms with Gasteiger partial charge in [-0.3, -0.25) is 0 Å². The normalized spacial score (nSPS) is 28.5. The second-order valence-corrected chi connectivity index (χ2v) is 3.73. The highest BCUT2D eigenvalue weighted by Gasteiger charge is 2.19. The van der Waals surface area contributed by atoms with Crippen LogP contribution < -0.4 is 0 Å². The lowest BCUT2D eigenvalue weighted by Gasteiger charge is -2.26. The van der Waals surface area contributed by atoms with E-state index in [2.05, 4.69) is 24.8 Å². The van der Waals surface area contributed by atoms with Crippen LogP contribution in [-0.2, 0) is 0 Å². The Labute approximate surface area is 74.7 Å². The first-order chi connectivity index (χ1) is 5.92.